The van der Waals surface area contributed by atoms with Gasteiger partial charge in [0.15, 0.2) is 0 Å². The number of hydrogen-bond acceptors (Lipinski definition) is 3. The molecule has 1 heterocycles. The summed E-state index contributed by atoms with van der Waals surface area (Å²) in [5.74, 6) is 0.172. The van der Waals surface area contributed by atoms with Crippen LogP contribution >= 0.6 is 11.6 Å². The van der Waals surface area contributed by atoms with E-state index in [4.69, 9.17) is 16.3 Å². The first-order valence-electron chi connectivity index (χ1n) is 11.3. The Morgan fingerprint density at radius 1 is 1.00 bits per heavy atom. The Balaban J connectivity index is 1.45. The van der Waals surface area contributed by atoms with Crippen molar-refractivity contribution in [3.05, 3.63) is 112 Å². The summed E-state index contributed by atoms with van der Waals surface area (Å²) in [6, 6.07) is 27.5. The van der Waals surface area contributed by atoms with Crippen molar-refractivity contribution in [1.29, 1.82) is 0 Å². The normalized spacial score (nSPS) is 11.4. The molecule has 174 valence electrons. The Morgan fingerprint density at radius 3 is 2.46 bits per heavy atom. The number of hydrogen-bond donors (Lipinski definition) is 1. The quantitative estimate of drug-likeness (QED) is 0.220. The van der Waals surface area contributed by atoms with Crippen molar-refractivity contribution in [2.75, 3.05) is 7.11 Å². The Hall–Kier alpha value is -4.09. The highest BCUT2D eigenvalue weighted by molar-refractivity contribution is 6.31. The van der Waals surface area contributed by atoms with Crippen LogP contribution in [0.15, 0.2) is 90.0 Å². The van der Waals surface area contributed by atoms with Gasteiger partial charge in [0, 0.05) is 33.7 Å². The molecule has 0 saturated heterocycles. The predicted octanol–water partition coefficient (Wildman–Crippen LogP) is 6.58. The predicted molar refractivity (Wildman–Crippen MR) is 143 cm³/mol. The minimum Gasteiger partial charge on any atom is -0.496 e. The van der Waals surface area contributed by atoms with Crippen molar-refractivity contribution in [3.8, 4) is 5.75 Å². The molecule has 5 aromatic rings. The number of methoxy groups -OCH3 is 1. The summed E-state index contributed by atoms with van der Waals surface area (Å²) in [7, 11) is 1.56. The Bertz CT molecular complexity index is 1590. The highest BCUT2D eigenvalue weighted by atomic mass is 35.5. The molecule has 5 nitrogen and oxygen atoms in total. The second-order valence-electron chi connectivity index (χ2n) is 8.29. The van der Waals surface area contributed by atoms with Crippen molar-refractivity contribution < 1.29 is 9.53 Å². The van der Waals surface area contributed by atoms with Gasteiger partial charge in [0.05, 0.1) is 18.9 Å². The summed E-state index contributed by atoms with van der Waals surface area (Å²) in [4.78, 5) is 13.0. The number of rotatable bonds is 6. The van der Waals surface area contributed by atoms with E-state index in [0.29, 0.717) is 17.9 Å². The first kappa shape index (κ1) is 22.7. The van der Waals surface area contributed by atoms with Crippen LogP contribution in [0.25, 0.3) is 21.7 Å². The molecule has 0 fully saturated rings. The lowest BCUT2D eigenvalue weighted by atomic mass is 10.1. The molecule has 1 N–H and O–H groups in total. The molecule has 0 saturated carbocycles. The number of nitrogens with zero attached hydrogens (tertiary/aromatic N) is 2. The van der Waals surface area contributed by atoms with Crippen LogP contribution in [0.5, 0.6) is 5.75 Å². The number of para-hydroxylation sites is 1. The van der Waals surface area contributed by atoms with E-state index in [1.807, 2.05) is 79.7 Å². The Morgan fingerprint density at radius 2 is 1.69 bits per heavy atom. The van der Waals surface area contributed by atoms with Gasteiger partial charge in [-0.3, -0.25) is 4.79 Å². The molecule has 5 rings (SSSR count). The fourth-order valence-corrected chi connectivity index (χ4v) is 4.60. The highest BCUT2D eigenvalue weighted by Crippen LogP contribution is 2.28. The van der Waals surface area contributed by atoms with Gasteiger partial charge in [-0.25, -0.2) is 5.43 Å². The molecular weight excluding hydrogens is 458 g/mol. The largest absolute Gasteiger partial charge is 0.496 e. The molecule has 0 bridgehead atoms. The van der Waals surface area contributed by atoms with Crippen molar-refractivity contribution in [2.45, 2.75) is 13.5 Å². The second-order valence-corrected chi connectivity index (χ2v) is 8.70. The molecule has 0 spiro atoms. The van der Waals surface area contributed by atoms with Crippen molar-refractivity contribution in [3.63, 3.8) is 0 Å². The molecule has 0 aliphatic heterocycles. The zero-order valence-corrected chi connectivity index (χ0v) is 20.2. The molecular formula is C29H24ClN3O2. The first-order chi connectivity index (χ1) is 17.1. The summed E-state index contributed by atoms with van der Waals surface area (Å²) in [6.07, 6.45) is 1.70. The molecule has 35 heavy (non-hydrogen) atoms. The van der Waals surface area contributed by atoms with Crippen molar-refractivity contribution in [1.82, 2.24) is 9.99 Å². The van der Waals surface area contributed by atoms with Gasteiger partial charge in [-0.1, -0.05) is 72.3 Å². The zero-order chi connectivity index (χ0) is 24.4. The van der Waals surface area contributed by atoms with Crippen LogP contribution in [0.4, 0.5) is 0 Å². The fourth-order valence-electron chi connectivity index (χ4n) is 4.40. The maximum absolute atomic E-state index is 13.0. The molecule has 0 aliphatic rings. The lowest BCUT2D eigenvalue weighted by Gasteiger charge is -2.10. The topological polar surface area (TPSA) is 55.6 Å². The number of aromatic nitrogens is 1. The van der Waals surface area contributed by atoms with Crippen LogP contribution in [0.1, 0.15) is 27.2 Å². The van der Waals surface area contributed by atoms with E-state index in [1.165, 1.54) is 0 Å². The number of hydrazone groups is 1. The van der Waals surface area contributed by atoms with Crippen LogP contribution in [-0.2, 0) is 6.54 Å². The average Bonchev–Trinajstić information content (AvgIpc) is 3.15. The zero-order valence-electron chi connectivity index (χ0n) is 19.5. The summed E-state index contributed by atoms with van der Waals surface area (Å²) >= 11 is 6.42. The maximum atomic E-state index is 13.0. The lowest BCUT2D eigenvalue weighted by Crippen LogP contribution is -2.18. The molecule has 1 aromatic heterocycles. The Labute approximate surface area is 208 Å². The van der Waals surface area contributed by atoms with Crippen molar-refractivity contribution in [2.24, 2.45) is 5.10 Å². The summed E-state index contributed by atoms with van der Waals surface area (Å²) in [5.41, 5.74) is 7.19. The van der Waals surface area contributed by atoms with Gasteiger partial charge >= 0.3 is 0 Å². The van der Waals surface area contributed by atoms with E-state index in [0.717, 1.165) is 43.5 Å². The number of carbonyl (C=O) groups is 1. The summed E-state index contributed by atoms with van der Waals surface area (Å²) in [5, 5.41) is 8.05. The minimum absolute atomic E-state index is 0.332. The average molecular weight is 482 g/mol. The van der Waals surface area contributed by atoms with Gasteiger partial charge < -0.3 is 9.30 Å². The number of fused-ring (bicyclic) bond motifs is 2. The number of ether oxygens (including phenoxy) is 1. The monoisotopic (exact) mass is 481 g/mol. The number of carbonyl (C=O) groups excluding carboxylic acids is 1. The molecule has 0 aliphatic carbocycles. The van der Waals surface area contributed by atoms with E-state index in [-0.39, 0.29) is 5.91 Å². The van der Waals surface area contributed by atoms with E-state index >= 15 is 0 Å². The molecule has 0 radical (unpaired) electrons. The van der Waals surface area contributed by atoms with E-state index in [1.54, 1.807) is 13.3 Å². The van der Waals surface area contributed by atoms with Gasteiger partial charge in [-0.2, -0.15) is 5.10 Å². The van der Waals surface area contributed by atoms with E-state index < -0.39 is 0 Å². The van der Waals surface area contributed by atoms with Crippen LogP contribution in [0.2, 0.25) is 5.02 Å². The van der Waals surface area contributed by atoms with E-state index in [2.05, 4.69) is 27.2 Å². The van der Waals surface area contributed by atoms with Gasteiger partial charge in [0.25, 0.3) is 5.91 Å². The highest BCUT2D eigenvalue weighted by Gasteiger charge is 2.15. The number of nitrogens with one attached hydrogen (secondary N) is 1. The minimum atomic E-state index is -0.332. The van der Waals surface area contributed by atoms with Crippen LogP contribution < -0.4 is 10.2 Å². The molecule has 1 amide bonds. The van der Waals surface area contributed by atoms with Crippen LogP contribution in [0.3, 0.4) is 0 Å². The molecule has 4 aromatic carbocycles. The smallest absolute Gasteiger partial charge is 0.275 e. The van der Waals surface area contributed by atoms with Crippen LogP contribution in [-0.4, -0.2) is 23.8 Å². The third-order valence-electron chi connectivity index (χ3n) is 6.24. The lowest BCUT2D eigenvalue weighted by molar-refractivity contribution is 0.0952. The third kappa shape index (κ3) is 4.38. The number of halogens is 1. The SMILES string of the molecule is COc1cc2ccccc2cc1C(=O)N/N=C\c1c(C)n(Cc2ccccc2Cl)c2ccccc12. The molecule has 6 heteroatoms. The summed E-state index contributed by atoms with van der Waals surface area (Å²) < 4.78 is 7.67. The van der Waals surface area contributed by atoms with Crippen LogP contribution in [0, 0.1) is 6.92 Å². The van der Waals surface area contributed by atoms with Crippen molar-refractivity contribution >= 4 is 45.4 Å². The number of amides is 1. The van der Waals surface area contributed by atoms with Gasteiger partial charge in [-0.05, 0) is 47.5 Å². The second kappa shape index (κ2) is 9.65. The Kier molecular flexibility index (Phi) is 6.25. The first-order valence-corrected chi connectivity index (χ1v) is 11.7. The maximum Gasteiger partial charge on any atom is 0.275 e. The molecule has 0 unspecified atom stereocenters. The summed E-state index contributed by atoms with van der Waals surface area (Å²) in [6.45, 7) is 2.69. The van der Waals surface area contributed by atoms with Gasteiger partial charge in [0.2, 0.25) is 0 Å². The molecule has 0 atom stereocenters. The standard InChI is InChI=1S/C29H24ClN3O2/c1-19-25(23-12-6-8-14-27(23)33(19)18-22-11-5-7-13-26(22)30)17-31-32-29(34)24-15-20-9-3-4-10-21(20)16-28(24)35-2/h3-17H,18H2,1-2H3,(H,32,34)/b31-17-. The fraction of sp³-hybridized carbons (Fsp3) is 0.103. The van der Waals surface area contributed by atoms with Gasteiger partial charge in [0.1, 0.15) is 5.75 Å². The van der Waals surface area contributed by atoms with E-state index in [9.17, 15) is 4.79 Å². The van der Waals surface area contributed by atoms with Gasteiger partial charge in [-0.15, -0.1) is 0 Å². The number of benzene rings is 4. The third-order valence-corrected chi connectivity index (χ3v) is 6.61.